The zero-order chi connectivity index (χ0) is 37.0. The molecule has 1 heterocycles. The molecule has 0 aliphatic rings. The van der Waals surface area contributed by atoms with E-state index in [1.807, 2.05) is 45.0 Å². The van der Waals surface area contributed by atoms with Crippen LogP contribution in [0.5, 0.6) is 0 Å². The number of halogens is 4. The number of hydrogen-bond donors (Lipinski definition) is 1. The Morgan fingerprint density at radius 1 is 0.980 bits per heavy atom. The van der Waals surface area contributed by atoms with Crippen LogP contribution in [0.1, 0.15) is 61.9 Å². The zero-order valence-corrected chi connectivity index (χ0v) is 29.5. The first-order valence-corrected chi connectivity index (χ1v) is 15.9. The number of rotatable bonds is 12. The van der Waals surface area contributed by atoms with E-state index in [1.165, 1.54) is 45.2 Å². The summed E-state index contributed by atoms with van der Waals surface area (Å²) in [5.41, 5.74) is 0.770. The molecule has 4 rings (SSSR count). The fraction of sp³-hybridized carbons (Fsp3) is 0.361. The van der Waals surface area contributed by atoms with Crippen LogP contribution in [-0.4, -0.2) is 57.1 Å². The third-order valence-corrected chi connectivity index (χ3v) is 8.14. The van der Waals surface area contributed by atoms with Gasteiger partial charge in [0.15, 0.2) is 5.71 Å². The summed E-state index contributed by atoms with van der Waals surface area (Å²) in [7, 11) is 2.51. The maximum atomic E-state index is 12.9. The molecule has 14 heteroatoms. The fourth-order valence-electron chi connectivity index (χ4n) is 4.71. The molecule has 0 saturated heterocycles. The number of aromatic nitrogens is 3. The van der Waals surface area contributed by atoms with Gasteiger partial charge >= 0.3 is 12.1 Å². The number of carbonyl (C=O) groups excluding carboxylic acids is 1. The van der Waals surface area contributed by atoms with Crippen LogP contribution in [0.15, 0.2) is 95.8 Å². The van der Waals surface area contributed by atoms with Crippen molar-refractivity contribution < 1.29 is 37.5 Å². The summed E-state index contributed by atoms with van der Waals surface area (Å²) < 4.78 is 44.9. The van der Waals surface area contributed by atoms with Crippen molar-refractivity contribution >= 4 is 29.0 Å². The van der Waals surface area contributed by atoms with Crippen molar-refractivity contribution in [3.05, 3.63) is 118 Å². The van der Waals surface area contributed by atoms with E-state index in [1.54, 1.807) is 35.3 Å². The van der Waals surface area contributed by atoms with E-state index in [0.29, 0.717) is 24.1 Å². The van der Waals surface area contributed by atoms with E-state index in [-0.39, 0.29) is 29.0 Å². The van der Waals surface area contributed by atoms with Gasteiger partial charge in [-0.15, -0.1) is 0 Å². The van der Waals surface area contributed by atoms with Crippen molar-refractivity contribution in [1.29, 1.82) is 0 Å². The monoisotopic (exact) mass is 715 g/mol. The van der Waals surface area contributed by atoms with Crippen molar-refractivity contribution in [2.75, 3.05) is 14.2 Å². The average Bonchev–Trinajstić information content (AvgIpc) is 3.59. The van der Waals surface area contributed by atoms with E-state index >= 15 is 0 Å². The lowest BCUT2D eigenvalue weighted by atomic mass is 9.73. The number of benzene rings is 3. The van der Waals surface area contributed by atoms with Gasteiger partial charge in [-0.05, 0) is 60.6 Å². The van der Waals surface area contributed by atoms with Crippen LogP contribution >= 0.6 is 11.6 Å². The van der Waals surface area contributed by atoms with Gasteiger partial charge in [0.05, 0.1) is 30.5 Å². The number of ether oxygens (including phenoxy) is 1. The Morgan fingerprint density at radius 3 is 2.28 bits per heavy atom. The Labute approximate surface area is 294 Å². The van der Waals surface area contributed by atoms with Gasteiger partial charge < -0.3 is 19.5 Å². The molecule has 0 bridgehead atoms. The largest absolute Gasteiger partial charge is 0.464 e. The third kappa shape index (κ3) is 11.4. The highest BCUT2D eigenvalue weighted by atomic mass is 35.5. The SMILES string of the molecule is CC(C)(C)C(O)(CCc1ccc(Cl)cc1)Cn1cncn1.CO/N=C(\C(=O)OC)c1ccccc1CO/N=C(\C)c1cccc(C(F)(F)F)c1. The van der Waals surface area contributed by atoms with E-state index < -0.39 is 23.3 Å². The number of nitrogens with zero attached hydrogens (tertiary/aromatic N) is 5. The molecule has 268 valence electrons. The molecule has 0 saturated carbocycles. The Kier molecular flexibility index (Phi) is 14.1. The van der Waals surface area contributed by atoms with Crippen LogP contribution in [0.2, 0.25) is 5.02 Å². The quantitative estimate of drug-likeness (QED) is 0.0916. The molecular weight excluding hydrogens is 675 g/mol. The van der Waals surface area contributed by atoms with Crippen LogP contribution in [0.25, 0.3) is 0 Å². The molecule has 0 aliphatic heterocycles. The summed E-state index contributed by atoms with van der Waals surface area (Å²) in [6.45, 7) is 8.06. The molecule has 4 aromatic rings. The lowest BCUT2D eigenvalue weighted by Gasteiger charge is -2.40. The first-order chi connectivity index (χ1) is 23.6. The van der Waals surface area contributed by atoms with Crippen molar-refractivity contribution in [2.45, 2.75) is 65.5 Å². The highest BCUT2D eigenvalue weighted by Crippen LogP contribution is 2.36. The van der Waals surface area contributed by atoms with Crippen molar-refractivity contribution in [2.24, 2.45) is 15.7 Å². The molecule has 3 aromatic carbocycles. The second kappa shape index (κ2) is 17.8. The van der Waals surface area contributed by atoms with E-state index in [2.05, 4.69) is 20.4 Å². The highest BCUT2D eigenvalue weighted by Gasteiger charge is 2.40. The molecule has 1 unspecified atom stereocenters. The molecule has 1 aromatic heterocycles. The number of hydrogen-bond acceptors (Lipinski definition) is 9. The van der Waals surface area contributed by atoms with Gasteiger partial charge in [-0.1, -0.05) is 91.2 Å². The van der Waals surface area contributed by atoms with Crippen LogP contribution in [0.3, 0.4) is 0 Å². The van der Waals surface area contributed by atoms with Crippen molar-refractivity contribution in [1.82, 2.24) is 14.8 Å². The Morgan fingerprint density at radius 2 is 1.68 bits per heavy atom. The van der Waals surface area contributed by atoms with Crippen LogP contribution in [-0.2, 0) is 45.0 Å². The maximum absolute atomic E-state index is 12.9. The highest BCUT2D eigenvalue weighted by molar-refractivity contribution is 6.43. The predicted molar refractivity (Wildman–Crippen MR) is 185 cm³/mol. The molecule has 1 atom stereocenters. The number of esters is 1. The van der Waals surface area contributed by atoms with Gasteiger partial charge in [0.2, 0.25) is 0 Å². The molecule has 0 radical (unpaired) electrons. The van der Waals surface area contributed by atoms with Crippen LogP contribution in [0.4, 0.5) is 13.2 Å². The summed E-state index contributed by atoms with van der Waals surface area (Å²) in [5.74, 6) is -0.692. The number of aliphatic hydroxyl groups is 1. The lowest BCUT2D eigenvalue weighted by molar-refractivity contribution is -0.137. The molecule has 0 spiro atoms. The van der Waals surface area contributed by atoms with Gasteiger partial charge in [-0.25, -0.2) is 9.78 Å². The average molecular weight is 716 g/mol. The summed E-state index contributed by atoms with van der Waals surface area (Å²) >= 11 is 5.90. The van der Waals surface area contributed by atoms with E-state index in [0.717, 1.165) is 23.6 Å². The standard InChI is InChI=1S/C20H19F3N2O4.C16H22ClN3O/c1-13(14-8-6-9-16(11-14)20(21,22)23)24-29-12-15-7-4-5-10-17(15)18(25-28-3)19(26)27-2;1-15(2,3)16(21,10-20-12-18-11-19-20)9-8-13-4-6-14(17)7-5-13/h4-11H,12H2,1-3H3;4-7,11-12,21H,8-10H2,1-3H3/b24-13+,25-18-;. The van der Waals surface area contributed by atoms with Gasteiger partial charge in [0, 0.05) is 16.1 Å². The first-order valence-electron chi connectivity index (χ1n) is 15.5. The fourth-order valence-corrected chi connectivity index (χ4v) is 4.84. The third-order valence-electron chi connectivity index (χ3n) is 7.89. The second-order valence-electron chi connectivity index (χ2n) is 12.3. The Balaban J connectivity index is 0.000000284. The van der Waals surface area contributed by atoms with E-state index in [9.17, 15) is 23.1 Å². The van der Waals surface area contributed by atoms with Crippen molar-refractivity contribution in [3.63, 3.8) is 0 Å². The topological polar surface area (TPSA) is 120 Å². The molecule has 1 N–H and O–H groups in total. The van der Waals surface area contributed by atoms with Crippen LogP contribution in [0, 0.1) is 5.41 Å². The summed E-state index contributed by atoms with van der Waals surface area (Å²) in [4.78, 5) is 25.9. The molecule has 0 amide bonds. The maximum Gasteiger partial charge on any atom is 0.416 e. The molecule has 50 heavy (non-hydrogen) atoms. The minimum Gasteiger partial charge on any atom is -0.464 e. The van der Waals surface area contributed by atoms with Crippen molar-refractivity contribution in [3.8, 4) is 0 Å². The van der Waals surface area contributed by atoms with Gasteiger partial charge in [-0.2, -0.15) is 18.3 Å². The van der Waals surface area contributed by atoms with Gasteiger partial charge in [0.25, 0.3) is 0 Å². The predicted octanol–water partition coefficient (Wildman–Crippen LogP) is 7.51. The Hall–Kier alpha value is -4.75. The minimum atomic E-state index is -4.44. The first kappa shape index (κ1) is 39.7. The Bertz CT molecular complexity index is 1740. The summed E-state index contributed by atoms with van der Waals surface area (Å²) in [6.07, 6.45) is 0.125. The van der Waals surface area contributed by atoms with Gasteiger partial charge in [-0.3, -0.25) is 4.68 Å². The summed E-state index contributed by atoms with van der Waals surface area (Å²) in [5, 5.41) is 23.5. The zero-order valence-electron chi connectivity index (χ0n) is 28.7. The molecule has 0 fully saturated rings. The number of carbonyl (C=O) groups is 1. The number of methoxy groups -OCH3 is 1. The summed E-state index contributed by atoms with van der Waals surface area (Å²) in [6, 6.07) is 19.3. The second-order valence-corrected chi connectivity index (χ2v) is 12.7. The van der Waals surface area contributed by atoms with Gasteiger partial charge in [0.1, 0.15) is 26.4 Å². The number of oxime groups is 2. The smallest absolute Gasteiger partial charge is 0.416 e. The minimum absolute atomic E-state index is 0.0484. The number of aryl methyl sites for hydroxylation is 1. The lowest BCUT2D eigenvalue weighted by Crippen LogP contribution is -2.47. The molecule has 10 nitrogen and oxygen atoms in total. The number of alkyl halides is 3. The molecule has 0 aliphatic carbocycles. The van der Waals surface area contributed by atoms with E-state index in [4.69, 9.17) is 26.0 Å². The van der Waals surface area contributed by atoms with Crippen LogP contribution < -0.4 is 0 Å². The molecular formula is C36H41ClF3N5O5. The normalized spacial score (nSPS) is 13.5.